The van der Waals surface area contributed by atoms with Crippen molar-refractivity contribution >= 4 is 0 Å². The Morgan fingerprint density at radius 1 is 0.667 bits per heavy atom. The summed E-state index contributed by atoms with van der Waals surface area (Å²) in [4.78, 5) is 0. The van der Waals surface area contributed by atoms with Crippen LogP contribution in [-0.4, -0.2) is 0 Å². The number of hydrogen-bond acceptors (Lipinski definition) is 0. The standard InChI is InChI=1S/C15H32/c1-5-7-9-10-11-13-15(14(3)4)12-8-6-2/h14-15H,5-13H2,1-4H3. The molecular formula is C15H32. The third-order valence-corrected chi connectivity index (χ3v) is 3.55. The molecule has 0 aromatic carbocycles. The molecule has 0 fully saturated rings. The lowest BCUT2D eigenvalue weighted by molar-refractivity contribution is 0.316. The van der Waals surface area contributed by atoms with Crippen LogP contribution in [0.3, 0.4) is 0 Å². The van der Waals surface area contributed by atoms with E-state index >= 15 is 0 Å². The second-order valence-corrected chi connectivity index (χ2v) is 5.35. The largest absolute Gasteiger partial charge is 0.0654 e. The zero-order valence-corrected chi connectivity index (χ0v) is 11.5. The number of hydrogen-bond donors (Lipinski definition) is 0. The maximum absolute atomic E-state index is 2.40. The third kappa shape index (κ3) is 8.96. The van der Waals surface area contributed by atoms with Crippen molar-refractivity contribution < 1.29 is 0 Å². The Bertz CT molecular complexity index is 115. The van der Waals surface area contributed by atoms with E-state index in [1.165, 1.54) is 57.8 Å². The highest BCUT2D eigenvalue weighted by Crippen LogP contribution is 2.24. The first-order chi connectivity index (χ1) is 7.22. The van der Waals surface area contributed by atoms with Gasteiger partial charge in [0.15, 0.2) is 0 Å². The van der Waals surface area contributed by atoms with Gasteiger partial charge in [0.05, 0.1) is 0 Å². The van der Waals surface area contributed by atoms with Crippen LogP contribution in [0, 0.1) is 11.8 Å². The molecule has 0 aromatic rings. The molecule has 0 N–H and O–H groups in total. The molecule has 0 saturated carbocycles. The van der Waals surface area contributed by atoms with Gasteiger partial charge in [0.2, 0.25) is 0 Å². The van der Waals surface area contributed by atoms with Gasteiger partial charge in [-0.05, 0) is 11.8 Å². The van der Waals surface area contributed by atoms with E-state index in [9.17, 15) is 0 Å². The average Bonchev–Trinajstić information content (AvgIpc) is 2.21. The molecule has 1 unspecified atom stereocenters. The van der Waals surface area contributed by atoms with E-state index in [1.54, 1.807) is 0 Å². The summed E-state index contributed by atoms with van der Waals surface area (Å²) in [6.45, 7) is 9.38. The van der Waals surface area contributed by atoms with Crippen molar-refractivity contribution in [3.8, 4) is 0 Å². The van der Waals surface area contributed by atoms with Gasteiger partial charge in [-0.2, -0.15) is 0 Å². The van der Waals surface area contributed by atoms with E-state index in [1.807, 2.05) is 0 Å². The minimum absolute atomic E-state index is 0.891. The molecule has 0 amide bonds. The highest BCUT2D eigenvalue weighted by molar-refractivity contribution is 4.63. The lowest BCUT2D eigenvalue weighted by Gasteiger charge is -2.20. The molecule has 1 atom stereocenters. The van der Waals surface area contributed by atoms with Crippen molar-refractivity contribution in [2.75, 3.05) is 0 Å². The minimum Gasteiger partial charge on any atom is -0.0654 e. The third-order valence-electron chi connectivity index (χ3n) is 3.55. The second kappa shape index (κ2) is 10.5. The first-order valence-corrected chi connectivity index (χ1v) is 7.22. The van der Waals surface area contributed by atoms with Gasteiger partial charge in [0.25, 0.3) is 0 Å². The Hall–Kier alpha value is 0. The minimum atomic E-state index is 0.891. The molecule has 15 heavy (non-hydrogen) atoms. The van der Waals surface area contributed by atoms with Crippen molar-refractivity contribution in [1.82, 2.24) is 0 Å². The first-order valence-electron chi connectivity index (χ1n) is 7.22. The molecule has 92 valence electrons. The van der Waals surface area contributed by atoms with Gasteiger partial charge in [-0.1, -0.05) is 85.5 Å². The van der Waals surface area contributed by atoms with Crippen LogP contribution in [0.4, 0.5) is 0 Å². The predicted octanol–water partition coefficient (Wildman–Crippen LogP) is 5.81. The van der Waals surface area contributed by atoms with Crippen molar-refractivity contribution in [3.63, 3.8) is 0 Å². The zero-order chi connectivity index (χ0) is 11.5. The normalized spacial score (nSPS) is 13.4. The van der Waals surface area contributed by atoms with Crippen LogP contribution in [0.5, 0.6) is 0 Å². The molecule has 0 radical (unpaired) electrons. The molecular weight excluding hydrogens is 180 g/mol. The van der Waals surface area contributed by atoms with Crippen LogP contribution in [0.25, 0.3) is 0 Å². The molecule has 0 aliphatic heterocycles. The summed E-state index contributed by atoms with van der Waals surface area (Å²) in [7, 11) is 0. The number of unbranched alkanes of at least 4 members (excludes halogenated alkanes) is 5. The van der Waals surface area contributed by atoms with Crippen LogP contribution in [0.1, 0.15) is 85.5 Å². The molecule has 0 heteroatoms. The van der Waals surface area contributed by atoms with Crippen molar-refractivity contribution in [3.05, 3.63) is 0 Å². The Labute approximate surface area is 97.8 Å². The van der Waals surface area contributed by atoms with E-state index in [0.717, 1.165) is 11.8 Å². The van der Waals surface area contributed by atoms with E-state index in [4.69, 9.17) is 0 Å². The SMILES string of the molecule is CCCCCCCC(CCCC)C(C)C. The zero-order valence-electron chi connectivity index (χ0n) is 11.5. The van der Waals surface area contributed by atoms with Crippen LogP contribution in [0.2, 0.25) is 0 Å². The Morgan fingerprint density at radius 2 is 1.20 bits per heavy atom. The molecule has 0 aromatic heterocycles. The summed E-state index contributed by atoms with van der Waals surface area (Å²) in [6.07, 6.45) is 12.9. The molecule has 0 spiro atoms. The summed E-state index contributed by atoms with van der Waals surface area (Å²) in [5.74, 6) is 1.88. The van der Waals surface area contributed by atoms with Crippen LogP contribution < -0.4 is 0 Å². The van der Waals surface area contributed by atoms with Crippen LogP contribution in [0.15, 0.2) is 0 Å². The van der Waals surface area contributed by atoms with Crippen molar-refractivity contribution in [2.24, 2.45) is 11.8 Å². The van der Waals surface area contributed by atoms with Crippen molar-refractivity contribution in [2.45, 2.75) is 85.5 Å². The summed E-state index contributed by atoms with van der Waals surface area (Å²) >= 11 is 0. The molecule has 0 nitrogen and oxygen atoms in total. The maximum atomic E-state index is 2.40. The molecule has 0 aliphatic carbocycles. The molecule has 0 saturated heterocycles. The molecule has 0 rings (SSSR count). The lowest BCUT2D eigenvalue weighted by Crippen LogP contribution is -2.08. The van der Waals surface area contributed by atoms with Gasteiger partial charge in [-0.3, -0.25) is 0 Å². The molecule has 0 bridgehead atoms. The van der Waals surface area contributed by atoms with Crippen molar-refractivity contribution in [1.29, 1.82) is 0 Å². The Balaban J connectivity index is 3.48. The molecule has 0 aliphatic rings. The second-order valence-electron chi connectivity index (χ2n) is 5.35. The van der Waals surface area contributed by atoms with Crippen LogP contribution in [-0.2, 0) is 0 Å². The fourth-order valence-corrected chi connectivity index (χ4v) is 2.29. The summed E-state index contributed by atoms with van der Waals surface area (Å²) < 4.78 is 0. The smallest absolute Gasteiger partial charge is 0.0391 e. The summed E-state index contributed by atoms with van der Waals surface area (Å²) in [6, 6.07) is 0. The monoisotopic (exact) mass is 212 g/mol. The quantitative estimate of drug-likeness (QED) is 0.401. The van der Waals surface area contributed by atoms with E-state index < -0.39 is 0 Å². The summed E-state index contributed by atoms with van der Waals surface area (Å²) in [5, 5.41) is 0. The van der Waals surface area contributed by atoms with Gasteiger partial charge >= 0.3 is 0 Å². The van der Waals surface area contributed by atoms with E-state index in [0.29, 0.717) is 0 Å². The number of rotatable bonds is 10. The van der Waals surface area contributed by atoms with E-state index in [2.05, 4.69) is 27.7 Å². The Morgan fingerprint density at radius 3 is 1.73 bits per heavy atom. The highest BCUT2D eigenvalue weighted by atomic mass is 14.2. The fourth-order valence-electron chi connectivity index (χ4n) is 2.29. The average molecular weight is 212 g/mol. The Kier molecular flexibility index (Phi) is 10.5. The summed E-state index contributed by atoms with van der Waals surface area (Å²) in [5.41, 5.74) is 0. The van der Waals surface area contributed by atoms with E-state index in [-0.39, 0.29) is 0 Å². The highest BCUT2D eigenvalue weighted by Gasteiger charge is 2.11. The molecule has 0 heterocycles. The lowest BCUT2D eigenvalue weighted by atomic mass is 9.86. The van der Waals surface area contributed by atoms with Gasteiger partial charge in [0, 0.05) is 0 Å². The predicted molar refractivity (Wildman–Crippen MR) is 71.2 cm³/mol. The van der Waals surface area contributed by atoms with Gasteiger partial charge in [-0.15, -0.1) is 0 Å². The van der Waals surface area contributed by atoms with Gasteiger partial charge in [-0.25, -0.2) is 0 Å². The topological polar surface area (TPSA) is 0 Å². The van der Waals surface area contributed by atoms with Gasteiger partial charge < -0.3 is 0 Å². The fraction of sp³-hybridized carbons (Fsp3) is 1.00. The van der Waals surface area contributed by atoms with Gasteiger partial charge in [0.1, 0.15) is 0 Å². The first kappa shape index (κ1) is 15.0. The maximum Gasteiger partial charge on any atom is -0.0391 e. The van der Waals surface area contributed by atoms with Crippen LogP contribution >= 0.6 is 0 Å².